The van der Waals surface area contributed by atoms with Crippen LogP contribution in [0.2, 0.25) is 5.02 Å². The molecule has 0 saturated carbocycles. The van der Waals surface area contributed by atoms with Crippen LogP contribution in [-0.2, 0) is 8.98 Å². The Morgan fingerprint density at radius 2 is 1.73 bits per heavy atom. The van der Waals surface area contributed by atoms with Crippen molar-refractivity contribution in [2.75, 3.05) is 33.3 Å². The average molecular weight is 510 g/mol. The van der Waals surface area contributed by atoms with E-state index in [0.717, 1.165) is 37.4 Å². The van der Waals surface area contributed by atoms with Gasteiger partial charge in [-0.1, -0.05) is 11.6 Å². The Bertz CT molecular complexity index is 874. The lowest BCUT2D eigenvalue weighted by Crippen LogP contribution is -2.52. The number of ether oxygens (including phenoxy) is 1. The van der Waals surface area contributed by atoms with E-state index in [1.807, 2.05) is 7.05 Å². The largest absolute Gasteiger partial charge is 0.478 e. The Kier molecular flexibility index (Phi) is 10.2. The smallest absolute Gasteiger partial charge is 0.263 e. The highest BCUT2D eigenvalue weighted by atomic mass is 35.5. The second-order valence-corrected chi connectivity index (χ2v) is 10.8. The molecule has 6 nitrogen and oxygen atoms in total. The molecule has 2 aromatic rings. The molecule has 1 aliphatic heterocycles. The van der Waals surface area contributed by atoms with E-state index < -0.39 is 5.60 Å². The number of amides is 1. The Morgan fingerprint density at radius 1 is 1.09 bits per heavy atom. The molecule has 9 heteroatoms. The van der Waals surface area contributed by atoms with Crippen molar-refractivity contribution in [3.63, 3.8) is 0 Å². The van der Waals surface area contributed by atoms with E-state index in [2.05, 4.69) is 39.2 Å². The van der Waals surface area contributed by atoms with E-state index in [0.29, 0.717) is 17.4 Å². The van der Waals surface area contributed by atoms with E-state index in [1.54, 1.807) is 50.1 Å². The zero-order chi connectivity index (χ0) is 23.7. The quantitative estimate of drug-likeness (QED) is 0.250. The van der Waals surface area contributed by atoms with Crippen molar-refractivity contribution < 1.29 is 13.7 Å². The van der Waals surface area contributed by atoms with Gasteiger partial charge in [0.1, 0.15) is 5.75 Å². The second-order valence-electron chi connectivity index (χ2n) is 8.31. The second kappa shape index (κ2) is 12.9. The molecule has 3 rings (SSSR count). The molecule has 0 aromatic heterocycles. The maximum Gasteiger partial charge on any atom is 0.263 e. The summed E-state index contributed by atoms with van der Waals surface area (Å²) >= 11 is 9.09. The summed E-state index contributed by atoms with van der Waals surface area (Å²) < 4.78 is 13.8. The van der Waals surface area contributed by atoms with E-state index in [-0.39, 0.29) is 11.9 Å². The zero-order valence-electron chi connectivity index (χ0n) is 19.3. The summed E-state index contributed by atoms with van der Waals surface area (Å²) in [4.78, 5) is 15.1. The highest BCUT2D eigenvalue weighted by Gasteiger charge is 2.32. The number of hydrogen-bond donors (Lipinski definition) is 2. The first kappa shape index (κ1) is 26.2. The zero-order valence-corrected chi connectivity index (χ0v) is 21.7. The van der Waals surface area contributed by atoms with Gasteiger partial charge < -0.3 is 19.6 Å². The summed E-state index contributed by atoms with van der Waals surface area (Å²) in [5.41, 5.74) is -0.962. The first-order chi connectivity index (χ1) is 15.9. The van der Waals surface area contributed by atoms with Crippen LogP contribution in [-0.4, -0.2) is 55.1 Å². The molecule has 2 aromatic carbocycles. The number of likely N-dealkylation sites (N-methyl/N-ethyl adjacent to an activating group) is 1. The lowest BCUT2D eigenvalue weighted by molar-refractivity contribution is -0.135. The molecule has 0 unspecified atom stereocenters. The van der Waals surface area contributed by atoms with Gasteiger partial charge in [-0.3, -0.25) is 4.79 Å². The van der Waals surface area contributed by atoms with Gasteiger partial charge in [-0.25, -0.2) is 4.31 Å². The maximum atomic E-state index is 12.8. The van der Waals surface area contributed by atoms with E-state index in [4.69, 9.17) is 20.5 Å². The van der Waals surface area contributed by atoms with Gasteiger partial charge in [-0.05, 0) is 94.2 Å². The molecule has 0 atom stereocenters. The van der Waals surface area contributed by atoms with Crippen molar-refractivity contribution in [2.24, 2.45) is 0 Å². The van der Waals surface area contributed by atoms with Crippen molar-refractivity contribution in [3.8, 4) is 5.75 Å². The predicted octanol–water partition coefficient (Wildman–Crippen LogP) is 5.03. The molecule has 33 heavy (non-hydrogen) atoms. The first-order valence-corrected chi connectivity index (χ1v) is 13.0. The Balaban J connectivity index is 1.40. The van der Waals surface area contributed by atoms with Crippen molar-refractivity contribution in [2.45, 2.75) is 48.1 Å². The lowest BCUT2D eigenvalue weighted by atomic mass is 10.0. The molecular formula is C24H32ClN3O3S2. The summed E-state index contributed by atoms with van der Waals surface area (Å²) in [5.74, 6) is 0.522. The van der Waals surface area contributed by atoms with Crippen LogP contribution in [0.25, 0.3) is 0 Å². The Hall–Kier alpha value is -1.42. The van der Waals surface area contributed by atoms with Crippen LogP contribution in [0.5, 0.6) is 5.75 Å². The number of carbonyl (C=O) groups is 1. The minimum Gasteiger partial charge on any atom is -0.478 e. The molecule has 1 fully saturated rings. The standard InChI is InChI=1S/C24H32ClN3O3S2/c1-24(2,31-20-6-4-18(25)5-7-20)23(29)27-19-12-15-28(16-13-19)32-21-8-10-22(11-9-21)33-30-17-14-26-3/h4-11,19,26H,12-17H2,1-3H3,(H,27,29). The summed E-state index contributed by atoms with van der Waals surface area (Å²) in [7, 11) is 1.91. The van der Waals surface area contributed by atoms with Crippen LogP contribution in [0.15, 0.2) is 58.3 Å². The van der Waals surface area contributed by atoms with Crippen LogP contribution in [0, 0.1) is 0 Å². The predicted molar refractivity (Wildman–Crippen MR) is 137 cm³/mol. The van der Waals surface area contributed by atoms with Gasteiger partial charge in [0.15, 0.2) is 5.60 Å². The third-order valence-electron chi connectivity index (χ3n) is 5.17. The summed E-state index contributed by atoms with van der Waals surface area (Å²) in [5, 5.41) is 6.86. The van der Waals surface area contributed by atoms with Crippen molar-refractivity contribution in [1.29, 1.82) is 0 Å². The summed E-state index contributed by atoms with van der Waals surface area (Å²) in [6.45, 7) is 6.92. The van der Waals surface area contributed by atoms with Crippen LogP contribution in [0.3, 0.4) is 0 Å². The number of hydrogen-bond acceptors (Lipinski definition) is 7. The van der Waals surface area contributed by atoms with Crippen molar-refractivity contribution >= 4 is 41.5 Å². The van der Waals surface area contributed by atoms with Crippen molar-refractivity contribution in [3.05, 3.63) is 53.6 Å². The molecule has 1 saturated heterocycles. The first-order valence-electron chi connectivity index (χ1n) is 11.1. The van der Waals surface area contributed by atoms with Gasteiger partial charge >= 0.3 is 0 Å². The van der Waals surface area contributed by atoms with Gasteiger partial charge in [-0.15, -0.1) is 0 Å². The number of benzene rings is 2. The monoisotopic (exact) mass is 509 g/mol. The van der Waals surface area contributed by atoms with Gasteiger partial charge in [0.25, 0.3) is 5.91 Å². The lowest BCUT2D eigenvalue weighted by Gasteiger charge is -2.33. The third-order valence-corrected chi connectivity index (χ3v) is 7.28. The maximum absolute atomic E-state index is 12.8. The fourth-order valence-corrected chi connectivity index (χ4v) is 4.88. The molecule has 0 bridgehead atoms. The SMILES string of the molecule is CNCCOSc1ccc(SN2CCC(NC(=O)C(C)(C)Oc3ccc(Cl)cc3)CC2)cc1. The highest BCUT2D eigenvalue weighted by Crippen LogP contribution is 2.29. The average Bonchev–Trinajstić information content (AvgIpc) is 2.80. The normalized spacial score (nSPS) is 15.4. The molecular weight excluding hydrogens is 478 g/mol. The minimum atomic E-state index is -0.962. The number of nitrogens with one attached hydrogen (secondary N) is 2. The topological polar surface area (TPSA) is 62.8 Å². The molecule has 1 aliphatic rings. The fourth-order valence-electron chi connectivity index (χ4n) is 3.25. The summed E-state index contributed by atoms with van der Waals surface area (Å²) in [6.07, 6.45) is 1.81. The number of carbonyl (C=O) groups excluding carboxylic acids is 1. The molecule has 2 N–H and O–H groups in total. The number of halogens is 1. The number of nitrogens with zero attached hydrogens (tertiary/aromatic N) is 1. The van der Waals surface area contributed by atoms with Crippen molar-refractivity contribution in [1.82, 2.24) is 14.9 Å². The number of piperidine rings is 1. The molecule has 1 heterocycles. The summed E-state index contributed by atoms with van der Waals surface area (Å²) in [6, 6.07) is 15.6. The van der Waals surface area contributed by atoms with Crippen LogP contribution in [0.4, 0.5) is 0 Å². The van der Waals surface area contributed by atoms with Crippen LogP contribution < -0.4 is 15.4 Å². The van der Waals surface area contributed by atoms with E-state index in [1.165, 1.54) is 16.9 Å². The Morgan fingerprint density at radius 3 is 2.36 bits per heavy atom. The van der Waals surface area contributed by atoms with Gasteiger partial charge in [-0.2, -0.15) is 0 Å². The van der Waals surface area contributed by atoms with Gasteiger partial charge in [0, 0.05) is 52.5 Å². The van der Waals surface area contributed by atoms with Crippen LogP contribution >= 0.6 is 35.6 Å². The highest BCUT2D eigenvalue weighted by molar-refractivity contribution is 7.97. The molecule has 180 valence electrons. The van der Waals surface area contributed by atoms with E-state index >= 15 is 0 Å². The van der Waals surface area contributed by atoms with Crippen LogP contribution in [0.1, 0.15) is 26.7 Å². The fraction of sp³-hybridized carbons (Fsp3) is 0.458. The molecule has 0 aliphatic carbocycles. The van der Waals surface area contributed by atoms with Gasteiger partial charge in [0.05, 0.1) is 6.61 Å². The molecule has 0 spiro atoms. The third kappa shape index (κ3) is 8.70. The minimum absolute atomic E-state index is 0.103. The van der Waals surface area contributed by atoms with E-state index in [9.17, 15) is 4.79 Å². The molecule has 0 radical (unpaired) electrons. The molecule has 1 amide bonds. The number of rotatable bonds is 11. The Labute approximate surface area is 210 Å². The van der Waals surface area contributed by atoms with Gasteiger partial charge in [0.2, 0.25) is 0 Å².